The van der Waals surface area contributed by atoms with E-state index in [-0.39, 0.29) is 23.7 Å². The number of aromatic carboxylic acids is 1. The van der Waals surface area contributed by atoms with Gasteiger partial charge < -0.3 is 14.9 Å². The zero-order chi connectivity index (χ0) is 24.4. The van der Waals surface area contributed by atoms with E-state index in [0.717, 1.165) is 25.7 Å². The number of carboxylic acids is 1. The molecule has 0 unspecified atom stereocenters. The number of carboxylic acid groups (broad SMARTS) is 1. The lowest BCUT2D eigenvalue weighted by molar-refractivity contribution is -0.253. The van der Waals surface area contributed by atoms with Gasteiger partial charge in [-0.1, -0.05) is 32.8 Å². The first-order chi connectivity index (χ1) is 16.4. The predicted molar refractivity (Wildman–Crippen MR) is 127 cm³/mol. The van der Waals surface area contributed by atoms with Gasteiger partial charge in [0.05, 0.1) is 16.9 Å². The predicted octanol–water partition coefficient (Wildman–Crippen LogP) is 4.89. The minimum Gasteiger partial charge on any atom is -0.478 e. The van der Waals surface area contributed by atoms with Crippen LogP contribution in [0.25, 0.3) is 0 Å². The minimum absolute atomic E-state index is 0.0336. The van der Waals surface area contributed by atoms with E-state index < -0.39 is 5.97 Å². The zero-order valence-electron chi connectivity index (χ0n) is 19.3. The van der Waals surface area contributed by atoms with Gasteiger partial charge in [0.2, 0.25) is 11.6 Å². The molecule has 0 aromatic heterocycles. The molecule has 0 bridgehead atoms. The second kappa shape index (κ2) is 9.79. The van der Waals surface area contributed by atoms with Gasteiger partial charge in [0.25, 0.3) is 0 Å². The summed E-state index contributed by atoms with van der Waals surface area (Å²) in [6.45, 7) is 5.16. The summed E-state index contributed by atoms with van der Waals surface area (Å²) in [5.41, 5.74) is 3.39. The molecule has 2 aliphatic rings. The number of rotatable bonds is 9. The molecule has 0 radical (unpaired) electrons. The third-order valence-corrected chi connectivity index (χ3v) is 6.27. The second-order valence-corrected chi connectivity index (χ2v) is 8.53. The number of fused-ring (bicyclic) bond motifs is 2. The summed E-state index contributed by atoms with van der Waals surface area (Å²) in [7, 11) is 0. The maximum Gasteiger partial charge on any atom is 0.335 e. The molecule has 2 N–H and O–H groups in total. The van der Waals surface area contributed by atoms with E-state index in [9.17, 15) is 19.5 Å². The van der Waals surface area contributed by atoms with Crippen LogP contribution in [0.4, 0.5) is 11.4 Å². The van der Waals surface area contributed by atoms with Crippen molar-refractivity contribution in [3.63, 3.8) is 0 Å². The SMILES string of the molecule is CCCCN1C(=C2C(=O)c3cc(C(=O)O)ccc3N2CCCC)C(=O)c2cc(COO)ccc21. The lowest BCUT2D eigenvalue weighted by Gasteiger charge is -2.26. The van der Waals surface area contributed by atoms with E-state index in [4.69, 9.17) is 5.26 Å². The van der Waals surface area contributed by atoms with E-state index in [1.165, 1.54) is 12.1 Å². The minimum atomic E-state index is -1.11. The summed E-state index contributed by atoms with van der Waals surface area (Å²) in [6, 6.07) is 9.82. The molecule has 2 heterocycles. The smallest absolute Gasteiger partial charge is 0.335 e. The molecule has 2 aromatic rings. The van der Waals surface area contributed by atoms with Crippen LogP contribution < -0.4 is 9.80 Å². The summed E-state index contributed by atoms with van der Waals surface area (Å²) in [5.74, 6) is -1.71. The van der Waals surface area contributed by atoms with E-state index in [1.807, 2.05) is 22.8 Å². The molecule has 0 amide bonds. The summed E-state index contributed by atoms with van der Waals surface area (Å²) in [5, 5.41) is 18.3. The highest BCUT2D eigenvalue weighted by molar-refractivity contribution is 6.28. The van der Waals surface area contributed by atoms with Crippen molar-refractivity contribution in [2.45, 2.75) is 46.1 Å². The van der Waals surface area contributed by atoms with Crippen LogP contribution in [0.3, 0.4) is 0 Å². The molecule has 0 saturated carbocycles. The van der Waals surface area contributed by atoms with Crippen LogP contribution in [0.5, 0.6) is 0 Å². The van der Waals surface area contributed by atoms with Crippen molar-refractivity contribution in [1.82, 2.24) is 0 Å². The number of nitrogens with zero attached hydrogens (tertiary/aromatic N) is 2. The molecule has 0 atom stereocenters. The molecular weight excluding hydrogens is 436 g/mol. The first kappa shape index (κ1) is 23.7. The van der Waals surface area contributed by atoms with Crippen LogP contribution in [0.1, 0.15) is 76.2 Å². The first-order valence-electron chi connectivity index (χ1n) is 11.6. The van der Waals surface area contributed by atoms with Gasteiger partial charge in [-0.15, -0.1) is 0 Å². The monoisotopic (exact) mass is 464 g/mol. The molecule has 2 aromatic carbocycles. The Morgan fingerprint density at radius 3 is 1.88 bits per heavy atom. The fourth-order valence-electron chi connectivity index (χ4n) is 4.56. The fourth-order valence-corrected chi connectivity index (χ4v) is 4.56. The van der Waals surface area contributed by atoms with E-state index in [1.54, 1.807) is 18.2 Å². The van der Waals surface area contributed by atoms with Crippen molar-refractivity contribution in [3.8, 4) is 0 Å². The molecule has 178 valence electrons. The Morgan fingerprint density at radius 2 is 1.38 bits per heavy atom. The number of hydrogen-bond donors (Lipinski definition) is 2. The Labute approximate surface area is 198 Å². The Hall–Kier alpha value is -3.49. The number of Topliss-reactive ketones (excluding diaryl/α,β-unsaturated/α-hetero) is 2. The molecule has 0 spiro atoms. The number of ketones is 2. The number of carbonyl (C=O) groups excluding carboxylic acids is 2. The van der Waals surface area contributed by atoms with Crippen LogP contribution >= 0.6 is 0 Å². The van der Waals surface area contributed by atoms with Gasteiger partial charge in [-0.3, -0.25) is 14.8 Å². The molecule has 8 heteroatoms. The fraction of sp³-hybridized carbons (Fsp3) is 0.346. The Bertz CT molecular complexity index is 1190. The van der Waals surface area contributed by atoms with Crippen LogP contribution in [0, 0.1) is 0 Å². The maximum absolute atomic E-state index is 13.7. The number of benzene rings is 2. The lowest BCUT2D eigenvalue weighted by Crippen LogP contribution is -2.31. The van der Waals surface area contributed by atoms with E-state index in [0.29, 0.717) is 52.5 Å². The quantitative estimate of drug-likeness (QED) is 0.307. The highest BCUT2D eigenvalue weighted by Gasteiger charge is 2.42. The van der Waals surface area contributed by atoms with Gasteiger partial charge >= 0.3 is 5.97 Å². The number of hydrogen-bond acceptors (Lipinski definition) is 7. The molecule has 0 saturated heterocycles. The molecule has 2 aliphatic heterocycles. The van der Waals surface area contributed by atoms with Crippen LogP contribution in [0.15, 0.2) is 47.8 Å². The summed E-state index contributed by atoms with van der Waals surface area (Å²) >= 11 is 0. The van der Waals surface area contributed by atoms with Crippen molar-refractivity contribution in [2.24, 2.45) is 0 Å². The van der Waals surface area contributed by atoms with Crippen LogP contribution in [-0.2, 0) is 11.5 Å². The van der Waals surface area contributed by atoms with Gasteiger partial charge in [-0.2, -0.15) is 0 Å². The third kappa shape index (κ3) is 3.99. The Balaban J connectivity index is 1.90. The van der Waals surface area contributed by atoms with Gasteiger partial charge in [0.1, 0.15) is 18.0 Å². The normalized spacial score (nSPS) is 16.9. The van der Waals surface area contributed by atoms with E-state index in [2.05, 4.69) is 11.8 Å². The Kier molecular flexibility index (Phi) is 6.81. The van der Waals surface area contributed by atoms with Gasteiger partial charge in [0.15, 0.2) is 0 Å². The topological polar surface area (TPSA) is 107 Å². The summed E-state index contributed by atoms with van der Waals surface area (Å²) in [6.07, 6.45) is 3.44. The standard InChI is InChI=1S/C26H28N2O6/c1-3-5-11-27-20-9-7-16(15-34-33)13-18(20)24(29)22(27)23-25(30)19-14-17(26(31)32)8-10-21(19)28(23)12-6-4-2/h7-10,13-14,33H,3-6,11-12,15H2,1-2H3,(H,31,32). The van der Waals surface area contributed by atoms with E-state index >= 15 is 0 Å². The average Bonchev–Trinajstić information content (AvgIpc) is 3.26. The van der Waals surface area contributed by atoms with Gasteiger partial charge in [-0.05, 0) is 48.7 Å². The summed E-state index contributed by atoms with van der Waals surface area (Å²) in [4.78, 5) is 47.0. The number of allylic oxidation sites excluding steroid dienone is 2. The molecule has 4 rings (SSSR count). The summed E-state index contributed by atoms with van der Waals surface area (Å²) < 4.78 is 0. The third-order valence-electron chi connectivity index (χ3n) is 6.27. The molecule has 34 heavy (non-hydrogen) atoms. The van der Waals surface area contributed by atoms with Crippen molar-refractivity contribution in [2.75, 3.05) is 22.9 Å². The molecule has 8 nitrogen and oxygen atoms in total. The van der Waals surface area contributed by atoms with Crippen molar-refractivity contribution in [3.05, 3.63) is 70.0 Å². The zero-order valence-corrected chi connectivity index (χ0v) is 19.3. The molecule has 0 aliphatic carbocycles. The number of carbonyl (C=O) groups is 3. The molecule has 0 fully saturated rings. The lowest BCUT2D eigenvalue weighted by atomic mass is 10.0. The van der Waals surface area contributed by atoms with Crippen molar-refractivity contribution < 1.29 is 29.6 Å². The first-order valence-corrected chi connectivity index (χ1v) is 11.6. The van der Waals surface area contributed by atoms with Gasteiger partial charge in [-0.25, -0.2) is 9.68 Å². The van der Waals surface area contributed by atoms with Gasteiger partial charge in [0, 0.05) is 24.2 Å². The van der Waals surface area contributed by atoms with Crippen LogP contribution in [-0.4, -0.2) is 41.0 Å². The van der Waals surface area contributed by atoms with Crippen molar-refractivity contribution >= 4 is 28.9 Å². The second-order valence-electron chi connectivity index (χ2n) is 8.53. The largest absolute Gasteiger partial charge is 0.478 e. The average molecular weight is 465 g/mol. The Morgan fingerprint density at radius 1 is 0.853 bits per heavy atom. The number of anilines is 2. The van der Waals surface area contributed by atoms with Crippen molar-refractivity contribution in [1.29, 1.82) is 0 Å². The maximum atomic E-state index is 13.7. The highest BCUT2D eigenvalue weighted by atomic mass is 17.1. The molecular formula is C26H28N2O6. The highest BCUT2D eigenvalue weighted by Crippen LogP contribution is 2.43. The number of unbranched alkanes of at least 4 members (excludes halogenated alkanes) is 2. The van der Waals surface area contributed by atoms with Crippen LogP contribution in [0.2, 0.25) is 0 Å².